The minimum absolute atomic E-state index is 0. The summed E-state index contributed by atoms with van der Waals surface area (Å²) >= 11 is 0. The van der Waals surface area contributed by atoms with Gasteiger partial charge >= 0.3 is 0 Å². The number of sulfonamides is 1. The van der Waals surface area contributed by atoms with Crippen molar-refractivity contribution < 1.29 is 8.42 Å². The van der Waals surface area contributed by atoms with Gasteiger partial charge in [0.05, 0.1) is 4.90 Å². The first-order chi connectivity index (χ1) is 8.95. The van der Waals surface area contributed by atoms with E-state index in [1.54, 1.807) is 12.1 Å². The number of nitrogens with one attached hydrogen (secondary N) is 1. The number of halogens is 1. The molecule has 0 aliphatic carbocycles. The first-order valence-electron chi connectivity index (χ1n) is 6.74. The Morgan fingerprint density at radius 3 is 2.30 bits per heavy atom. The fourth-order valence-electron chi connectivity index (χ4n) is 1.68. The lowest BCUT2D eigenvalue weighted by atomic mass is 10.0. The van der Waals surface area contributed by atoms with Gasteiger partial charge in [0, 0.05) is 6.54 Å². The summed E-state index contributed by atoms with van der Waals surface area (Å²) in [6, 6.07) is 7.11. The summed E-state index contributed by atoms with van der Waals surface area (Å²) < 4.78 is 26.4. The van der Waals surface area contributed by atoms with E-state index in [4.69, 9.17) is 5.73 Å². The van der Waals surface area contributed by atoms with Crippen molar-refractivity contribution in [2.24, 2.45) is 11.7 Å². The molecule has 0 fully saturated rings. The van der Waals surface area contributed by atoms with Crippen molar-refractivity contribution in [3.63, 3.8) is 0 Å². The highest BCUT2D eigenvalue weighted by atomic mass is 35.5. The molecule has 4 nitrogen and oxygen atoms in total. The SMILES string of the molecule is CC(C)CCc1ccc(S(=O)(=O)NCCCN)cc1.Cl. The summed E-state index contributed by atoms with van der Waals surface area (Å²) in [5, 5.41) is 0. The minimum atomic E-state index is -3.39. The molecule has 20 heavy (non-hydrogen) atoms. The van der Waals surface area contributed by atoms with Gasteiger partial charge in [-0.05, 0) is 49.4 Å². The van der Waals surface area contributed by atoms with Crippen LogP contribution in [0.15, 0.2) is 29.2 Å². The second-order valence-corrected chi connectivity index (χ2v) is 6.88. The summed E-state index contributed by atoms with van der Waals surface area (Å²) in [6.07, 6.45) is 2.74. The van der Waals surface area contributed by atoms with Crippen LogP contribution in [0.5, 0.6) is 0 Å². The van der Waals surface area contributed by atoms with E-state index in [9.17, 15) is 8.42 Å². The predicted octanol–water partition coefficient (Wildman–Crippen LogP) is 2.32. The Labute approximate surface area is 128 Å². The summed E-state index contributed by atoms with van der Waals surface area (Å²) in [6.45, 7) is 5.23. The Bertz CT molecular complexity index is 472. The molecule has 0 saturated heterocycles. The second kappa shape index (κ2) is 9.34. The van der Waals surface area contributed by atoms with Crippen LogP contribution < -0.4 is 10.5 Å². The van der Waals surface area contributed by atoms with Crippen molar-refractivity contribution in [1.29, 1.82) is 0 Å². The quantitative estimate of drug-likeness (QED) is 0.722. The molecule has 0 amide bonds. The lowest BCUT2D eigenvalue weighted by Crippen LogP contribution is -2.26. The lowest BCUT2D eigenvalue weighted by molar-refractivity contribution is 0.578. The second-order valence-electron chi connectivity index (χ2n) is 5.12. The molecule has 0 atom stereocenters. The fraction of sp³-hybridized carbons (Fsp3) is 0.571. The van der Waals surface area contributed by atoms with Crippen LogP contribution in [0.3, 0.4) is 0 Å². The zero-order valence-electron chi connectivity index (χ0n) is 12.1. The normalized spacial score (nSPS) is 11.4. The van der Waals surface area contributed by atoms with E-state index >= 15 is 0 Å². The zero-order chi connectivity index (χ0) is 14.3. The first-order valence-corrected chi connectivity index (χ1v) is 8.22. The summed E-state index contributed by atoms with van der Waals surface area (Å²) in [5.41, 5.74) is 6.51. The van der Waals surface area contributed by atoms with Gasteiger partial charge in [0.1, 0.15) is 0 Å². The molecule has 116 valence electrons. The van der Waals surface area contributed by atoms with Crippen LogP contribution >= 0.6 is 12.4 Å². The fourth-order valence-corrected chi connectivity index (χ4v) is 2.76. The van der Waals surface area contributed by atoms with Gasteiger partial charge in [0.15, 0.2) is 0 Å². The Morgan fingerprint density at radius 2 is 1.80 bits per heavy atom. The molecule has 0 aromatic heterocycles. The number of benzene rings is 1. The Balaban J connectivity index is 0.00000361. The van der Waals surface area contributed by atoms with E-state index in [2.05, 4.69) is 18.6 Å². The first kappa shape index (κ1) is 19.4. The maximum atomic E-state index is 11.9. The number of rotatable bonds is 8. The van der Waals surface area contributed by atoms with Gasteiger partial charge in [-0.15, -0.1) is 12.4 Å². The molecule has 0 saturated carbocycles. The van der Waals surface area contributed by atoms with Crippen LogP contribution in [0.4, 0.5) is 0 Å². The molecule has 0 aliphatic rings. The van der Waals surface area contributed by atoms with Gasteiger partial charge in [0.25, 0.3) is 0 Å². The van der Waals surface area contributed by atoms with E-state index < -0.39 is 10.0 Å². The molecule has 0 aliphatic heterocycles. The molecule has 1 rings (SSSR count). The van der Waals surface area contributed by atoms with Crippen molar-refractivity contribution >= 4 is 22.4 Å². The van der Waals surface area contributed by atoms with Crippen molar-refractivity contribution in [2.75, 3.05) is 13.1 Å². The van der Waals surface area contributed by atoms with Crippen LogP contribution in [0, 0.1) is 5.92 Å². The van der Waals surface area contributed by atoms with Crippen molar-refractivity contribution in [3.8, 4) is 0 Å². The largest absolute Gasteiger partial charge is 0.330 e. The monoisotopic (exact) mass is 320 g/mol. The number of hydrogen-bond acceptors (Lipinski definition) is 3. The van der Waals surface area contributed by atoms with Gasteiger partial charge in [0.2, 0.25) is 10.0 Å². The van der Waals surface area contributed by atoms with Crippen molar-refractivity contribution in [1.82, 2.24) is 4.72 Å². The molecule has 6 heteroatoms. The predicted molar refractivity (Wildman–Crippen MR) is 85.7 cm³/mol. The number of nitrogens with two attached hydrogens (primary N) is 1. The van der Waals surface area contributed by atoms with Gasteiger partial charge < -0.3 is 5.73 Å². The molecular formula is C14H25ClN2O2S. The molecule has 1 aromatic carbocycles. The molecule has 0 radical (unpaired) electrons. The van der Waals surface area contributed by atoms with Crippen LogP contribution in [-0.2, 0) is 16.4 Å². The maximum Gasteiger partial charge on any atom is 0.240 e. The van der Waals surface area contributed by atoms with Crippen molar-refractivity contribution in [2.45, 2.75) is 38.0 Å². The molecule has 1 aromatic rings. The Kier molecular flexibility index (Phi) is 9.05. The average Bonchev–Trinajstić information content (AvgIpc) is 2.37. The molecule has 0 heterocycles. The van der Waals surface area contributed by atoms with Gasteiger partial charge in [-0.2, -0.15) is 0 Å². The molecule has 0 bridgehead atoms. The molecule has 3 N–H and O–H groups in total. The highest BCUT2D eigenvalue weighted by Gasteiger charge is 2.12. The van der Waals surface area contributed by atoms with Crippen LogP contribution in [0.25, 0.3) is 0 Å². The Morgan fingerprint density at radius 1 is 1.20 bits per heavy atom. The van der Waals surface area contributed by atoms with Gasteiger partial charge in [-0.3, -0.25) is 0 Å². The minimum Gasteiger partial charge on any atom is -0.330 e. The molecule has 0 unspecified atom stereocenters. The van der Waals surface area contributed by atoms with Gasteiger partial charge in [-0.1, -0.05) is 26.0 Å². The molecular weight excluding hydrogens is 296 g/mol. The van der Waals surface area contributed by atoms with E-state index in [1.807, 2.05) is 12.1 Å². The summed E-state index contributed by atoms with van der Waals surface area (Å²) in [7, 11) is -3.39. The standard InChI is InChI=1S/C14H24N2O2S.ClH/c1-12(2)4-5-13-6-8-14(9-7-13)19(17,18)16-11-3-10-15;/h6-9,12,16H,3-5,10-11,15H2,1-2H3;1H. The van der Waals surface area contributed by atoms with Crippen molar-refractivity contribution in [3.05, 3.63) is 29.8 Å². The van der Waals surface area contributed by atoms with E-state index in [0.717, 1.165) is 12.8 Å². The van der Waals surface area contributed by atoms with Gasteiger partial charge in [-0.25, -0.2) is 13.1 Å². The van der Waals surface area contributed by atoms with E-state index in [0.29, 0.717) is 30.3 Å². The molecule has 0 spiro atoms. The maximum absolute atomic E-state index is 11.9. The van der Waals surface area contributed by atoms with E-state index in [1.165, 1.54) is 5.56 Å². The zero-order valence-corrected chi connectivity index (χ0v) is 13.8. The van der Waals surface area contributed by atoms with Crippen LogP contribution in [-0.4, -0.2) is 21.5 Å². The lowest BCUT2D eigenvalue weighted by Gasteiger charge is -2.08. The van der Waals surface area contributed by atoms with Crippen LogP contribution in [0.1, 0.15) is 32.3 Å². The third-order valence-corrected chi connectivity index (χ3v) is 4.39. The Hall–Kier alpha value is -0.620. The number of aryl methyl sites for hydroxylation is 1. The highest BCUT2D eigenvalue weighted by Crippen LogP contribution is 2.13. The number of hydrogen-bond donors (Lipinski definition) is 2. The van der Waals surface area contributed by atoms with Crippen LogP contribution in [0.2, 0.25) is 0 Å². The topological polar surface area (TPSA) is 72.2 Å². The third kappa shape index (κ3) is 6.70. The smallest absolute Gasteiger partial charge is 0.240 e. The highest BCUT2D eigenvalue weighted by molar-refractivity contribution is 7.89. The third-order valence-electron chi connectivity index (χ3n) is 2.92. The summed E-state index contributed by atoms with van der Waals surface area (Å²) in [5.74, 6) is 0.654. The van der Waals surface area contributed by atoms with E-state index in [-0.39, 0.29) is 12.4 Å². The average molecular weight is 321 g/mol. The summed E-state index contributed by atoms with van der Waals surface area (Å²) in [4.78, 5) is 0.317.